The first-order valence-electron chi connectivity index (χ1n) is 11.6. The molecule has 0 unspecified atom stereocenters. The molecule has 1 aliphatic carbocycles. The van der Waals surface area contributed by atoms with Crippen LogP contribution in [0.5, 0.6) is 0 Å². The zero-order valence-corrected chi connectivity index (χ0v) is 21.0. The average Bonchev–Trinajstić information content (AvgIpc) is 3.43. The molecule has 5 rings (SSSR count). The van der Waals surface area contributed by atoms with Gasteiger partial charge in [-0.1, -0.05) is 24.3 Å². The fourth-order valence-corrected chi connectivity index (χ4v) is 5.45. The van der Waals surface area contributed by atoms with Crippen LogP contribution >= 0.6 is 10.0 Å². The quantitative estimate of drug-likeness (QED) is 0.387. The van der Waals surface area contributed by atoms with Crippen LogP contribution < -0.4 is 5.73 Å². The van der Waals surface area contributed by atoms with Crippen LogP contribution in [0.2, 0.25) is 0 Å². The third kappa shape index (κ3) is 4.48. The molecule has 0 spiro atoms. The first kappa shape index (κ1) is 23.0. The Kier molecular flexibility index (Phi) is 6.18. The predicted octanol–water partition coefficient (Wildman–Crippen LogP) is 4.16. The summed E-state index contributed by atoms with van der Waals surface area (Å²) in [7, 11) is -0.562. The van der Waals surface area contributed by atoms with Gasteiger partial charge in [0, 0.05) is 47.3 Å². The first-order chi connectivity index (χ1) is 16.4. The Morgan fingerprint density at radius 2 is 1.82 bits per heavy atom. The van der Waals surface area contributed by atoms with Crippen molar-refractivity contribution in [2.45, 2.75) is 25.0 Å². The maximum absolute atomic E-state index is 6.38. The zero-order valence-electron chi connectivity index (χ0n) is 20.2. The van der Waals surface area contributed by atoms with E-state index in [1.54, 1.807) is 6.33 Å². The highest BCUT2D eigenvalue weighted by Crippen LogP contribution is 2.40. The second kappa shape index (κ2) is 9.13. The van der Waals surface area contributed by atoms with Crippen LogP contribution in [-0.2, 0) is 29.7 Å². The van der Waals surface area contributed by atoms with Gasteiger partial charge < -0.3 is 15.0 Å². The molecule has 7 heteroatoms. The smallest absolute Gasteiger partial charge is 0.145 e. The van der Waals surface area contributed by atoms with Crippen molar-refractivity contribution >= 4 is 21.1 Å². The Balaban J connectivity index is 1.43. The minimum Gasteiger partial charge on any atom is -0.360 e. The van der Waals surface area contributed by atoms with Crippen LogP contribution in [-0.4, -0.2) is 57.2 Å². The molecular weight excluding hydrogens is 442 g/mol. The molecule has 1 aliphatic rings. The molecule has 3 aromatic heterocycles. The normalized spacial score (nSPS) is 15.5. The number of hydrogen-bond donors (Lipinski definition) is 1. The van der Waals surface area contributed by atoms with Gasteiger partial charge in [0.25, 0.3) is 0 Å². The van der Waals surface area contributed by atoms with Crippen LogP contribution in [0, 0.1) is 0 Å². The maximum atomic E-state index is 6.38. The molecule has 0 atom stereocenters. The SMILES string of the molecule is CS(C)(C)CCOCn1ccc2c(-c3cncc(C4(CN)Cc5ccccc5C4)c3)ncnc21. The Morgan fingerprint density at radius 3 is 2.53 bits per heavy atom. The molecule has 178 valence electrons. The second-order valence-electron chi connectivity index (χ2n) is 10.1. The number of nitrogens with two attached hydrogens (primary N) is 1. The predicted molar refractivity (Wildman–Crippen MR) is 142 cm³/mol. The summed E-state index contributed by atoms with van der Waals surface area (Å²) in [6.45, 7) is 1.82. The molecule has 2 N–H and O–H groups in total. The highest BCUT2D eigenvalue weighted by molar-refractivity contribution is 8.32. The molecule has 0 saturated carbocycles. The van der Waals surface area contributed by atoms with Crippen LogP contribution in [0.1, 0.15) is 16.7 Å². The summed E-state index contributed by atoms with van der Waals surface area (Å²) in [6, 6.07) is 12.9. The van der Waals surface area contributed by atoms with Crippen LogP contribution in [0.25, 0.3) is 22.3 Å². The van der Waals surface area contributed by atoms with Gasteiger partial charge in [-0.25, -0.2) is 20.0 Å². The van der Waals surface area contributed by atoms with Gasteiger partial charge in [0.05, 0.1) is 12.3 Å². The monoisotopic (exact) mass is 475 g/mol. The first-order valence-corrected chi connectivity index (χ1v) is 14.7. The van der Waals surface area contributed by atoms with E-state index in [2.05, 4.69) is 70.1 Å². The minimum atomic E-state index is -0.562. The molecule has 0 saturated heterocycles. The highest BCUT2D eigenvalue weighted by atomic mass is 32.3. The number of benzene rings is 1. The van der Waals surface area contributed by atoms with Gasteiger partial charge in [0.2, 0.25) is 0 Å². The molecule has 4 aromatic rings. The van der Waals surface area contributed by atoms with Crippen molar-refractivity contribution in [3.63, 3.8) is 0 Å². The van der Waals surface area contributed by atoms with Crippen molar-refractivity contribution in [3.05, 3.63) is 78.0 Å². The van der Waals surface area contributed by atoms with Crippen molar-refractivity contribution in [2.75, 3.05) is 37.7 Å². The lowest BCUT2D eigenvalue weighted by molar-refractivity contribution is 0.0923. The second-order valence-corrected chi connectivity index (χ2v) is 14.7. The molecule has 0 radical (unpaired) electrons. The highest BCUT2D eigenvalue weighted by Gasteiger charge is 2.38. The van der Waals surface area contributed by atoms with Crippen molar-refractivity contribution in [2.24, 2.45) is 5.73 Å². The Bertz CT molecular complexity index is 1280. The Morgan fingerprint density at radius 1 is 1.06 bits per heavy atom. The van der Waals surface area contributed by atoms with E-state index in [-0.39, 0.29) is 5.41 Å². The van der Waals surface area contributed by atoms with Gasteiger partial charge in [-0.3, -0.25) is 4.98 Å². The summed E-state index contributed by atoms with van der Waals surface area (Å²) < 4.78 is 8.00. The number of nitrogens with zero attached hydrogens (tertiary/aromatic N) is 4. The van der Waals surface area contributed by atoms with Crippen LogP contribution in [0.15, 0.2) is 61.3 Å². The van der Waals surface area contributed by atoms with Gasteiger partial charge in [-0.2, -0.15) is 0 Å². The third-order valence-electron chi connectivity index (χ3n) is 6.82. The molecule has 0 bridgehead atoms. The average molecular weight is 476 g/mol. The molecule has 0 aliphatic heterocycles. The Hall–Kier alpha value is -2.74. The standard InChI is InChI=1S/C27H33N5OS/c1-34(2,3)11-10-33-19-32-9-8-24-25(30-18-31-26(24)32)22-12-23(16-29-15-22)27(17-28)13-20-6-4-5-7-21(20)14-27/h4-9,12,15-16,18H,10-11,13-14,17,19,28H2,1-3H3. The fourth-order valence-electron chi connectivity index (χ4n) is 4.83. The number of fused-ring (bicyclic) bond motifs is 2. The van der Waals surface area contributed by atoms with Crippen molar-refractivity contribution < 1.29 is 4.74 Å². The van der Waals surface area contributed by atoms with Gasteiger partial charge >= 0.3 is 0 Å². The van der Waals surface area contributed by atoms with E-state index in [4.69, 9.17) is 10.5 Å². The van der Waals surface area contributed by atoms with E-state index in [9.17, 15) is 0 Å². The molecule has 6 nitrogen and oxygen atoms in total. The van der Waals surface area contributed by atoms with E-state index in [1.165, 1.54) is 16.7 Å². The molecule has 1 aromatic carbocycles. The zero-order chi connectivity index (χ0) is 23.8. The maximum Gasteiger partial charge on any atom is 0.145 e. The van der Waals surface area contributed by atoms with E-state index in [1.807, 2.05) is 23.2 Å². The van der Waals surface area contributed by atoms with E-state index in [0.717, 1.165) is 47.5 Å². The van der Waals surface area contributed by atoms with Gasteiger partial charge in [-0.15, -0.1) is 0 Å². The number of rotatable bonds is 8. The molecule has 0 fully saturated rings. The molecule has 0 amide bonds. The molecule has 3 heterocycles. The third-order valence-corrected chi connectivity index (χ3v) is 8.21. The molecular formula is C27H33N5OS. The Labute approximate surface area is 202 Å². The summed E-state index contributed by atoms with van der Waals surface area (Å²) >= 11 is 0. The lowest BCUT2D eigenvalue weighted by Crippen LogP contribution is -2.36. The molecule has 34 heavy (non-hydrogen) atoms. The van der Waals surface area contributed by atoms with E-state index in [0.29, 0.717) is 13.3 Å². The van der Waals surface area contributed by atoms with E-state index < -0.39 is 10.0 Å². The summed E-state index contributed by atoms with van der Waals surface area (Å²) in [5, 5.41) is 1.00. The van der Waals surface area contributed by atoms with E-state index >= 15 is 0 Å². The van der Waals surface area contributed by atoms with Crippen molar-refractivity contribution in [1.29, 1.82) is 0 Å². The fraction of sp³-hybridized carbons (Fsp3) is 0.370. The van der Waals surface area contributed by atoms with Gasteiger partial charge in [-0.05, 0) is 60.4 Å². The van der Waals surface area contributed by atoms with Gasteiger partial charge in [0.1, 0.15) is 18.7 Å². The summed E-state index contributed by atoms with van der Waals surface area (Å²) in [5.74, 6) is 1.09. The van der Waals surface area contributed by atoms with Crippen molar-refractivity contribution in [3.8, 4) is 11.3 Å². The summed E-state index contributed by atoms with van der Waals surface area (Å²) in [4.78, 5) is 13.8. The number of hydrogen-bond acceptors (Lipinski definition) is 5. The van der Waals surface area contributed by atoms with Crippen molar-refractivity contribution in [1.82, 2.24) is 19.5 Å². The minimum absolute atomic E-state index is 0.131. The largest absolute Gasteiger partial charge is 0.360 e. The summed E-state index contributed by atoms with van der Waals surface area (Å²) in [5.41, 5.74) is 12.9. The summed E-state index contributed by atoms with van der Waals surface area (Å²) in [6.07, 6.45) is 16.3. The lowest BCUT2D eigenvalue weighted by atomic mass is 9.78. The van der Waals surface area contributed by atoms with Crippen LogP contribution in [0.3, 0.4) is 0 Å². The van der Waals surface area contributed by atoms with Crippen LogP contribution in [0.4, 0.5) is 0 Å². The van der Waals surface area contributed by atoms with Gasteiger partial charge in [0.15, 0.2) is 0 Å². The number of pyridine rings is 1. The number of ether oxygens (including phenoxy) is 1. The topological polar surface area (TPSA) is 78.9 Å². The lowest BCUT2D eigenvalue weighted by Gasteiger charge is -2.28. The number of aromatic nitrogens is 4.